The number of rotatable bonds is 2. The lowest BCUT2D eigenvalue weighted by Crippen LogP contribution is -2.70. The molecule has 2 N–H and O–H groups in total. The van der Waals surface area contributed by atoms with E-state index in [9.17, 15) is 0 Å². The monoisotopic (exact) mass is 150 g/mol. The van der Waals surface area contributed by atoms with Crippen LogP contribution in [-0.4, -0.2) is 4.98 Å². The molecule has 0 aliphatic heterocycles. The second-order valence-corrected chi connectivity index (χ2v) is 2.55. The van der Waals surface area contributed by atoms with Gasteiger partial charge in [-0.15, -0.1) is 7.05 Å². The van der Waals surface area contributed by atoms with Crippen molar-refractivity contribution in [2.24, 2.45) is 0 Å². The summed E-state index contributed by atoms with van der Waals surface area (Å²) < 4.78 is 0. The number of hydrogen-bond acceptors (Lipinski definition) is 1. The van der Waals surface area contributed by atoms with E-state index in [0.717, 1.165) is 17.9 Å². The third kappa shape index (κ3) is 1.77. The third-order valence-electron chi connectivity index (χ3n) is 1.73. The molecule has 2 heteroatoms. The fourth-order valence-corrected chi connectivity index (χ4v) is 1.08. The fraction of sp³-hybridized carbons (Fsp3) is 0.333. The zero-order valence-electron chi connectivity index (χ0n) is 7.09. The van der Waals surface area contributed by atoms with Crippen LogP contribution >= 0.6 is 0 Å². The highest BCUT2D eigenvalue weighted by Gasteiger charge is 2.00. The minimum atomic E-state index is 1.02. The number of nitrogens with two attached hydrogens (primary N) is 1. The predicted molar refractivity (Wildman–Crippen MR) is 45.3 cm³/mol. The summed E-state index contributed by atoms with van der Waals surface area (Å²) in [7, 11) is 3.72. The molecule has 0 bridgehead atoms. The van der Waals surface area contributed by atoms with Crippen molar-refractivity contribution in [3.8, 4) is 0 Å². The highest BCUT2D eigenvalue weighted by Crippen LogP contribution is 2.08. The van der Waals surface area contributed by atoms with Crippen LogP contribution in [0.15, 0.2) is 12.1 Å². The van der Waals surface area contributed by atoms with Crippen molar-refractivity contribution in [1.82, 2.24) is 4.98 Å². The van der Waals surface area contributed by atoms with Crippen LogP contribution in [0, 0.1) is 14.0 Å². The quantitative estimate of drug-likeness (QED) is 0.625. The number of quaternary nitrogens is 1. The summed E-state index contributed by atoms with van der Waals surface area (Å²) in [4.78, 5) is 4.34. The molecule has 0 spiro atoms. The van der Waals surface area contributed by atoms with E-state index < -0.39 is 0 Å². The highest BCUT2D eigenvalue weighted by molar-refractivity contribution is 5.32. The van der Waals surface area contributed by atoms with Gasteiger partial charge in [-0.3, -0.25) is 0 Å². The summed E-state index contributed by atoms with van der Waals surface area (Å²) in [5.74, 6) is 1.02. The van der Waals surface area contributed by atoms with Gasteiger partial charge in [-0.1, -0.05) is 6.92 Å². The Bertz CT molecular complexity index is 243. The molecule has 0 aliphatic carbocycles. The molecule has 0 atom stereocenters. The van der Waals surface area contributed by atoms with E-state index >= 15 is 0 Å². The van der Waals surface area contributed by atoms with Gasteiger partial charge in [-0.05, 0) is 25.5 Å². The van der Waals surface area contributed by atoms with Crippen molar-refractivity contribution in [2.75, 3.05) is 0 Å². The van der Waals surface area contributed by atoms with E-state index in [4.69, 9.17) is 0 Å². The molecule has 0 saturated heterocycles. The van der Waals surface area contributed by atoms with Gasteiger partial charge in [0, 0.05) is 11.3 Å². The first kappa shape index (κ1) is 8.21. The summed E-state index contributed by atoms with van der Waals surface area (Å²) in [5, 5.41) is 1.81. The molecular formula is C9H14N2. The van der Waals surface area contributed by atoms with E-state index in [1.807, 2.05) is 18.3 Å². The van der Waals surface area contributed by atoms with Crippen molar-refractivity contribution < 1.29 is 5.32 Å². The van der Waals surface area contributed by atoms with E-state index in [0.29, 0.717) is 0 Å². The van der Waals surface area contributed by atoms with Crippen molar-refractivity contribution in [3.05, 3.63) is 30.4 Å². The lowest BCUT2D eigenvalue weighted by Gasteiger charge is -2.04. The number of nitrogens with zero attached hydrogens (tertiary/aromatic N) is 1. The van der Waals surface area contributed by atoms with Crippen LogP contribution in [0.4, 0.5) is 5.82 Å². The molecule has 0 aromatic carbocycles. The second kappa shape index (κ2) is 3.49. The van der Waals surface area contributed by atoms with Gasteiger partial charge >= 0.3 is 0 Å². The molecule has 0 fully saturated rings. The van der Waals surface area contributed by atoms with Crippen LogP contribution in [0.1, 0.15) is 18.2 Å². The zero-order valence-corrected chi connectivity index (χ0v) is 7.09. The van der Waals surface area contributed by atoms with Crippen molar-refractivity contribution in [2.45, 2.75) is 20.3 Å². The molecule has 60 valence electrons. The van der Waals surface area contributed by atoms with Gasteiger partial charge in [0.15, 0.2) is 0 Å². The van der Waals surface area contributed by atoms with Crippen LogP contribution < -0.4 is 5.32 Å². The molecule has 0 radical (unpaired) electrons. The van der Waals surface area contributed by atoms with Gasteiger partial charge in [-0.25, -0.2) is 4.98 Å². The Kier molecular flexibility index (Phi) is 2.60. The molecule has 0 amide bonds. The number of aromatic nitrogens is 1. The van der Waals surface area contributed by atoms with Crippen LogP contribution in [0.25, 0.3) is 0 Å². The highest BCUT2D eigenvalue weighted by atomic mass is 15.0. The summed E-state index contributed by atoms with van der Waals surface area (Å²) in [5.41, 5.74) is 2.32. The summed E-state index contributed by atoms with van der Waals surface area (Å²) in [6.07, 6.45) is 1.02. The van der Waals surface area contributed by atoms with Crippen molar-refractivity contribution in [1.29, 1.82) is 0 Å². The Labute approximate surface area is 67.7 Å². The Morgan fingerprint density at radius 3 is 2.82 bits per heavy atom. The molecule has 1 aromatic heterocycles. The Morgan fingerprint density at radius 1 is 1.55 bits per heavy atom. The number of pyridine rings is 1. The van der Waals surface area contributed by atoms with Gasteiger partial charge in [0.25, 0.3) is 0 Å². The van der Waals surface area contributed by atoms with Gasteiger partial charge in [-0.2, -0.15) is 0 Å². The van der Waals surface area contributed by atoms with E-state index in [-0.39, 0.29) is 0 Å². The topological polar surface area (TPSA) is 29.5 Å². The minimum Gasteiger partial charge on any atom is -0.429 e. The first-order valence-corrected chi connectivity index (χ1v) is 3.87. The SMILES string of the molecule is [CH2-][NH2+]c1nc(C)ccc1CC. The maximum Gasteiger partial charge on any atom is 0.201 e. The molecule has 0 saturated carbocycles. The van der Waals surface area contributed by atoms with Gasteiger partial charge in [0.1, 0.15) is 0 Å². The molecule has 0 aliphatic rings. The largest absolute Gasteiger partial charge is 0.429 e. The van der Waals surface area contributed by atoms with Crippen LogP contribution in [0.3, 0.4) is 0 Å². The van der Waals surface area contributed by atoms with Crippen molar-refractivity contribution >= 4 is 5.82 Å². The molecule has 11 heavy (non-hydrogen) atoms. The molecule has 2 nitrogen and oxygen atoms in total. The maximum absolute atomic E-state index is 4.34. The average Bonchev–Trinajstić information content (AvgIpc) is 2.04. The fourth-order valence-electron chi connectivity index (χ4n) is 1.08. The summed E-state index contributed by atoms with van der Waals surface area (Å²) >= 11 is 0. The molecule has 1 aromatic rings. The molecule has 0 unspecified atom stereocenters. The van der Waals surface area contributed by atoms with E-state index in [1.54, 1.807) is 0 Å². The van der Waals surface area contributed by atoms with Gasteiger partial charge in [0.05, 0.1) is 0 Å². The van der Waals surface area contributed by atoms with E-state index in [2.05, 4.69) is 25.0 Å². The smallest absolute Gasteiger partial charge is 0.201 e. The lowest BCUT2D eigenvalue weighted by atomic mass is 10.2. The van der Waals surface area contributed by atoms with Crippen LogP contribution in [0.5, 0.6) is 0 Å². The van der Waals surface area contributed by atoms with Gasteiger partial charge in [0.2, 0.25) is 5.82 Å². The lowest BCUT2D eigenvalue weighted by molar-refractivity contribution is -0.509. The normalized spacial score (nSPS) is 10.1. The standard InChI is InChI=1S/C9H14N2/c1-4-8-6-5-7(2)11-9(8)10-3/h5-6H,3-4,10H2,1-2H3. The zero-order chi connectivity index (χ0) is 8.27. The Hall–Kier alpha value is -0.890. The van der Waals surface area contributed by atoms with Crippen LogP contribution in [-0.2, 0) is 6.42 Å². The molecule has 1 heterocycles. The number of aryl methyl sites for hydroxylation is 2. The first-order valence-electron chi connectivity index (χ1n) is 3.87. The Balaban J connectivity index is 3.06. The molecular weight excluding hydrogens is 136 g/mol. The minimum absolute atomic E-state index is 1.02. The van der Waals surface area contributed by atoms with E-state index in [1.165, 1.54) is 5.56 Å². The maximum atomic E-state index is 4.34. The predicted octanol–water partition coefficient (Wildman–Crippen LogP) is 0.939. The second-order valence-electron chi connectivity index (χ2n) is 2.55. The summed E-state index contributed by atoms with van der Waals surface area (Å²) in [6.45, 7) is 4.12. The van der Waals surface area contributed by atoms with Crippen molar-refractivity contribution in [3.63, 3.8) is 0 Å². The molecule has 1 rings (SSSR count). The third-order valence-corrected chi connectivity index (χ3v) is 1.73. The first-order chi connectivity index (χ1) is 5.27. The summed E-state index contributed by atoms with van der Waals surface area (Å²) in [6, 6.07) is 4.14. The Morgan fingerprint density at radius 2 is 2.27 bits per heavy atom. The average molecular weight is 150 g/mol. The number of hydrogen-bond donors (Lipinski definition) is 1. The van der Waals surface area contributed by atoms with Gasteiger partial charge < -0.3 is 5.32 Å². The van der Waals surface area contributed by atoms with Crippen LogP contribution in [0.2, 0.25) is 0 Å².